The lowest BCUT2D eigenvalue weighted by Crippen LogP contribution is -2.29. The zero-order valence-electron chi connectivity index (χ0n) is 20.7. The first kappa shape index (κ1) is 26.9. The van der Waals surface area contributed by atoms with Crippen molar-refractivity contribution in [1.82, 2.24) is 0 Å². The maximum atomic E-state index is 15.1. The second-order valence-corrected chi connectivity index (χ2v) is 10.4. The van der Waals surface area contributed by atoms with Crippen LogP contribution in [-0.2, 0) is 16.2 Å². The van der Waals surface area contributed by atoms with Crippen LogP contribution in [0.3, 0.4) is 0 Å². The lowest BCUT2D eigenvalue weighted by atomic mass is 9.95. The first-order chi connectivity index (χ1) is 16.6. The van der Waals surface area contributed by atoms with Gasteiger partial charge in [0.25, 0.3) is 0 Å². The molecule has 0 saturated carbocycles. The average Bonchev–Trinajstić information content (AvgIpc) is 2.76. The molecule has 192 valence electrons. The number of rotatable bonds is 4. The molecule has 2 amide bonds. The van der Waals surface area contributed by atoms with Crippen LogP contribution in [0.15, 0.2) is 33.5 Å². The van der Waals surface area contributed by atoms with Crippen LogP contribution >= 0.6 is 0 Å². The number of benzene rings is 2. The summed E-state index contributed by atoms with van der Waals surface area (Å²) >= 11 is 0. The summed E-state index contributed by atoms with van der Waals surface area (Å²) < 4.78 is 50.4. The fraction of sp³-hybridized carbons (Fsp3) is 0.346. The molecule has 1 aromatic heterocycles. The third kappa shape index (κ3) is 5.13. The third-order valence-corrected chi connectivity index (χ3v) is 5.41. The number of aliphatic hydroxyl groups excluding tert-OH is 1. The molecule has 0 bridgehead atoms. The molecular formula is C26H27F3N2O5. The Bertz CT molecular complexity index is 1430. The largest absolute Gasteiger partial charge is 0.453 e. The fourth-order valence-electron chi connectivity index (χ4n) is 3.16. The van der Waals surface area contributed by atoms with Crippen molar-refractivity contribution in [2.24, 2.45) is 10.8 Å². The highest BCUT2D eigenvalue weighted by atomic mass is 19.1. The number of fused-ring (bicyclic) bond motifs is 1. The maximum Gasteiger partial charge on any atom is 0.229 e. The van der Waals surface area contributed by atoms with Crippen LogP contribution in [0.2, 0.25) is 0 Å². The summed E-state index contributed by atoms with van der Waals surface area (Å²) in [5.41, 5.74) is -4.86. The van der Waals surface area contributed by atoms with E-state index in [0.29, 0.717) is 0 Å². The van der Waals surface area contributed by atoms with Gasteiger partial charge in [-0.25, -0.2) is 13.2 Å². The molecule has 3 N–H and O–H groups in total. The van der Waals surface area contributed by atoms with Gasteiger partial charge in [-0.2, -0.15) is 0 Å². The van der Waals surface area contributed by atoms with Crippen LogP contribution in [0, 0.1) is 28.3 Å². The van der Waals surface area contributed by atoms with E-state index >= 15 is 8.78 Å². The average molecular weight is 505 g/mol. The van der Waals surface area contributed by atoms with Gasteiger partial charge in [0.05, 0.1) is 28.9 Å². The number of hydrogen-bond acceptors (Lipinski definition) is 5. The van der Waals surface area contributed by atoms with Gasteiger partial charge in [0.15, 0.2) is 22.6 Å². The van der Waals surface area contributed by atoms with E-state index in [1.54, 1.807) is 41.5 Å². The third-order valence-electron chi connectivity index (χ3n) is 5.41. The summed E-state index contributed by atoms with van der Waals surface area (Å²) in [6, 6.07) is 4.50. The van der Waals surface area contributed by atoms with E-state index in [-0.39, 0.29) is 17.0 Å². The first-order valence-corrected chi connectivity index (χ1v) is 11.1. The Kier molecular flexibility index (Phi) is 7.05. The number of halogens is 3. The van der Waals surface area contributed by atoms with Gasteiger partial charge in [-0.3, -0.25) is 14.4 Å². The minimum atomic E-state index is -1.33. The highest BCUT2D eigenvalue weighted by Crippen LogP contribution is 2.35. The SMILES string of the molecule is CC(C)(C)C(=O)Nc1ccc(-c2cc(=O)c3c(NC(=O)C(C)(C)C)c(F)c(CO)c(F)c3o2)cc1F. The normalized spacial score (nSPS) is 12.1. The fourth-order valence-corrected chi connectivity index (χ4v) is 3.16. The van der Waals surface area contributed by atoms with Crippen LogP contribution < -0.4 is 16.1 Å². The maximum absolute atomic E-state index is 15.1. The van der Waals surface area contributed by atoms with Crippen molar-refractivity contribution in [3.8, 4) is 11.3 Å². The first-order valence-electron chi connectivity index (χ1n) is 11.1. The Balaban J connectivity index is 2.18. The van der Waals surface area contributed by atoms with Gasteiger partial charge < -0.3 is 20.2 Å². The molecule has 0 aliphatic rings. The predicted octanol–water partition coefficient (Wildman–Crippen LogP) is 5.34. The molecular weight excluding hydrogens is 477 g/mol. The van der Waals surface area contributed by atoms with E-state index in [9.17, 15) is 23.9 Å². The van der Waals surface area contributed by atoms with Crippen LogP contribution in [0.4, 0.5) is 24.5 Å². The van der Waals surface area contributed by atoms with Crippen LogP contribution in [0.5, 0.6) is 0 Å². The Morgan fingerprint density at radius 3 is 2.03 bits per heavy atom. The minimum absolute atomic E-state index is 0.0369. The van der Waals surface area contributed by atoms with Crippen molar-refractivity contribution < 1.29 is 32.3 Å². The van der Waals surface area contributed by atoms with E-state index in [4.69, 9.17) is 4.42 Å². The van der Waals surface area contributed by atoms with Gasteiger partial charge in [-0.05, 0) is 18.2 Å². The number of hydrogen-bond donors (Lipinski definition) is 3. The Morgan fingerprint density at radius 2 is 1.50 bits per heavy atom. The number of aliphatic hydroxyl groups is 1. The van der Waals surface area contributed by atoms with E-state index in [0.717, 1.165) is 12.1 Å². The van der Waals surface area contributed by atoms with Gasteiger partial charge in [0.1, 0.15) is 11.6 Å². The van der Waals surface area contributed by atoms with Gasteiger partial charge in [-0.1, -0.05) is 41.5 Å². The smallest absolute Gasteiger partial charge is 0.229 e. The summed E-state index contributed by atoms with van der Waals surface area (Å²) in [5, 5.41) is 13.7. The molecule has 2 aromatic carbocycles. The Morgan fingerprint density at radius 1 is 0.917 bits per heavy atom. The highest BCUT2D eigenvalue weighted by Gasteiger charge is 2.29. The highest BCUT2D eigenvalue weighted by molar-refractivity contribution is 6.03. The van der Waals surface area contributed by atoms with Crippen molar-refractivity contribution in [2.45, 2.75) is 48.1 Å². The molecule has 0 aliphatic carbocycles. The molecule has 0 aliphatic heterocycles. The lowest BCUT2D eigenvalue weighted by Gasteiger charge is -2.20. The molecule has 3 rings (SSSR count). The van der Waals surface area contributed by atoms with Gasteiger partial charge in [0, 0.05) is 22.5 Å². The van der Waals surface area contributed by atoms with Crippen molar-refractivity contribution >= 4 is 34.2 Å². The summed E-state index contributed by atoms with van der Waals surface area (Å²) in [7, 11) is 0. The number of nitrogens with one attached hydrogen (secondary N) is 2. The summed E-state index contributed by atoms with van der Waals surface area (Å²) in [5.74, 6) is -4.78. The monoisotopic (exact) mass is 504 g/mol. The molecule has 0 unspecified atom stereocenters. The zero-order chi connectivity index (χ0) is 27.2. The van der Waals surface area contributed by atoms with Crippen molar-refractivity contribution in [3.63, 3.8) is 0 Å². The number of amides is 2. The second kappa shape index (κ2) is 9.42. The van der Waals surface area contributed by atoms with E-state index in [1.807, 2.05) is 0 Å². The molecule has 3 aromatic rings. The quantitative estimate of drug-likeness (QED) is 0.445. The van der Waals surface area contributed by atoms with Gasteiger partial charge in [-0.15, -0.1) is 0 Å². The van der Waals surface area contributed by atoms with Crippen LogP contribution in [0.1, 0.15) is 47.1 Å². The molecule has 7 nitrogen and oxygen atoms in total. The Labute approximate surface area is 205 Å². The lowest BCUT2D eigenvalue weighted by molar-refractivity contribution is -0.123. The predicted molar refractivity (Wildman–Crippen MR) is 130 cm³/mol. The zero-order valence-corrected chi connectivity index (χ0v) is 20.7. The van der Waals surface area contributed by atoms with E-state index in [1.165, 1.54) is 12.1 Å². The minimum Gasteiger partial charge on any atom is -0.453 e. The molecule has 1 heterocycles. The molecule has 0 atom stereocenters. The van der Waals surface area contributed by atoms with Crippen molar-refractivity contribution in [3.05, 3.63) is 57.5 Å². The van der Waals surface area contributed by atoms with Crippen LogP contribution in [-0.4, -0.2) is 16.9 Å². The van der Waals surface area contributed by atoms with Gasteiger partial charge in [0.2, 0.25) is 11.8 Å². The molecule has 0 saturated heterocycles. The number of carbonyl (C=O) groups is 2. The number of anilines is 2. The number of carbonyl (C=O) groups excluding carboxylic acids is 2. The molecule has 0 fully saturated rings. The van der Waals surface area contributed by atoms with Crippen molar-refractivity contribution in [1.29, 1.82) is 0 Å². The molecule has 10 heteroatoms. The second-order valence-electron chi connectivity index (χ2n) is 10.4. The summed E-state index contributed by atoms with van der Waals surface area (Å²) in [4.78, 5) is 37.6. The summed E-state index contributed by atoms with van der Waals surface area (Å²) in [6.07, 6.45) is 0. The van der Waals surface area contributed by atoms with Gasteiger partial charge >= 0.3 is 0 Å². The molecule has 0 radical (unpaired) electrons. The molecule has 0 spiro atoms. The summed E-state index contributed by atoms with van der Waals surface area (Å²) in [6.45, 7) is 8.58. The van der Waals surface area contributed by atoms with E-state index < -0.39 is 74.4 Å². The van der Waals surface area contributed by atoms with Crippen LogP contribution in [0.25, 0.3) is 22.3 Å². The van der Waals surface area contributed by atoms with E-state index in [2.05, 4.69) is 10.6 Å². The standard InChI is InChI=1S/C26H27F3N2O5/c1-25(2,3)23(34)30-15-8-7-12(9-14(15)27)17-10-16(33)18-21(31-24(35)26(4,5)6)19(28)13(11-32)20(29)22(18)36-17/h7-10,32H,11H2,1-6H3,(H,30,34)(H,31,35). The Hall–Kier alpha value is -3.66. The molecule has 36 heavy (non-hydrogen) atoms. The van der Waals surface area contributed by atoms with Crippen molar-refractivity contribution in [2.75, 3.05) is 10.6 Å². The topological polar surface area (TPSA) is 109 Å².